The summed E-state index contributed by atoms with van der Waals surface area (Å²) in [6.07, 6.45) is 0.957. The van der Waals surface area contributed by atoms with Gasteiger partial charge < -0.3 is 5.11 Å². The second-order valence-corrected chi connectivity index (χ2v) is 6.50. The molecule has 0 saturated heterocycles. The summed E-state index contributed by atoms with van der Waals surface area (Å²) in [4.78, 5) is 1.33. The molecule has 0 fully saturated rings. The smallest absolute Gasteiger partial charge is 0.0467 e. The van der Waals surface area contributed by atoms with Crippen LogP contribution < -0.4 is 0 Å². The second-order valence-electron chi connectivity index (χ2n) is 4.64. The van der Waals surface area contributed by atoms with Crippen LogP contribution in [0, 0.1) is 11.3 Å². The van der Waals surface area contributed by atoms with E-state index in [0.29, 0.717) is 5.92 Å². The standard InChI is InChI=1S/C11H17BrOS/c1-11(2,3)8(7-13)6-10-9(12)4-5-14-10/h4-5,8,13H,6-7H2,1-3H3. The third-order valence-electron chi connectivity index (χ3n) is 2.57. The lowest BCUT2D eigenvalue weighted by molar-refractivity contribution is 0.131. The first-order valence-electron chi connectivity index (χ1n) is 4.78. The molecule has 14 heavy (non-hydrogen) atoms. The zero-order valence-electron chi connectivity index (χ0n) is 8.88. The molecule has 0 aliphatic heterocycles. The lowest BCUT2D eigenvalue weighted by Crippen LogP contribution is -2.25. The zero-order chi connectivity index (χ0) is 10.8. The third kappa shape index (κ3) is 3.07. The summed E-state index contributed by atoms with van der Waals surface area (Å²) in [5.41, 5.74) is 0.165. The van der Waals surface area contributed by atoms with Crippen LogP contribution in [0.15, 0.2) is 15.9 Å². The molecule has 0 radical (unpaired) electrons. The highest BCUT2D eigenvalue weighted by Gasteiger charge is 2.24. The fraction of sp³-hybridized carbons (Fsp3) is 0.636. The molecule has 1 aromatic heterocycles. The van der Waals surface area contributed by atoms with E-state index in [-0.39, 0.29) is 12.0 Å². The van der Waals surface area contributed by atoms with Gasteiger partial charge in [0, 0.05) is 16.0 Å². The first-order chi connectivity index (χ1) is 6.45. The lowest BCUT2D eigenvalue weighted by atomic mass is 9.79. The van der Waals surface area contributed by atoms with Crippen molar-refractivity contribution in [3.8, 4) is 0 Å². The van der Waals surface area contributed by atoms with Gasteiger partial charge in [-0.15, -0.1) is 11.3 Å². The Morgan fingerprint density at radius 3 is 2.50 bits per heavy atom. The van der Waals surface area contributed by atoms with Crippen molar-refractivity contribution < 1.29 is 5.11 Å². The van der Waals surface area contributed by atoms with Crippen LogP contribution in [0.2, 0.25) is 0 Å². The van der Waals surface area contributed by atoms with Crippen molar-refractivity contribution in [2.75, 3.05) is 6.61 Å². The van der Waals surface area contributed by atoms with Crippen molar-refractivity contribution >= 4 is 27.3 Å². The fourth-order valence-corrected chi connectivity index (χ4v) is 2.93. The predicted molar refractivity (Wildman–Crippen MR) is 65.8 cm³/mol. The minimum atomic E-state index is 0.165. The molecule has 1 aromatic rings. The summed E-state index contributed by atoms with van der Waals surface area (Å²) in [5, 5.41) is 11.4. The highest BCUT2D eigenvalue weighted by Crippen LogP contribution is 2.33. The summed E-state index contributed by atoms with van der Waals surface area (Å²) >= 11 is 5.27. The van der Waals surface area contributed by atoms with Gasteiger partial charge in [0.15, 0.2) is 0 Å². The van der Waals surface area contributed by atoms with Gasteiger partial charge in [0.2, 0.25) is 0 Å². The van der Waals surface area contributed by atoms with E-state index in [2.05, 4.69) is 48.1 Å². The molecule has 1 nitrogen and oxygen atoms in total. The number of hydrogen-bond acceptors (Lipinski definition) is 2. The van der Waals surface area contributed by atoms with E-state index >= 15 is 0 Å². The molecule has 1 atom stereocenters. The van der Waals surface area contributed by atoms with E-state index < -0.39 is 0 Å². The summed E-state index contributed by atoms with van der Waals surface area (Å²) in [6.45, 7) is 6.79. The average Bonchev–Trinajstić information content (AvgIpc) is 2.45. The second kappa shape index (κ2) is 4.77. The van der Waals surface area contributed by atoms with E-state index in [0.717, 1.165) is 6.42 Å². The van der Waals surface area contributed by atoms with Crippen LogP contribution in [0.4, 0.5) is 0 Å². The van der Waals surface area contributed by atoms with Gasteiger partial charge in [0.1, 0.15) is 0 Å². The highest BCUT2D eigenvalue weighted by atomic mass is 79.9. The van der Waals surface area contributed by atoms with E-state index in [1.54, 1.807) is 11.3 Å². The summed E-state index contributed by atoms with van der Waals surface area (Å²) in [5.74, 6) is 0.331. The highest BCUT2D eigenvalue weighted by molar-refractivity contribution is 9.10. The van der Waals surface area contributed by atoms with Crippen LogP contribution in [0.25, 0.3) is 0 Å². The van der Waals surface area contributed by atoms with Crippen LogP contribution in [-0.4, -0.2) is 11.7 Å². The number of hydrogen-bond donors (Lipinski definition) is 1. The largest absolute Gasteiger partial charge is 0.396 e. The lowest BCUT2D eigenvalue weighted by Gasteiger charge is -2.28. The molecule has 0 aliphatic carbocycles. The maximum absolute atomic E-state index is 9.34. The van der Waals surface area contributed by atoms with Gasteiger partial charge >= 0.3 is 0 Å². The summed E-state index contributed by atoms with van der Waals surface area (Å²) in [6, 6.07) is 2.07. The van der Waals surface area contributed by atoms with Crippen molar-refractivity contribution in [2.24, 2.45) is 11.3 Å². The Morgan fingerprint density at radius 1 is 1.50 bits per heavy atom. The van der Waals surface area contributed by atoms with Gasteiger partial charge in [-0.3, -0.25) is 0 Å². The SMILES string of the molecule is CC(C)(C)C(CO)Cc1sccc1Br. The van der Waals surface area contributed by atoms with Gasteiger partial charge in [0.25, 0.3) is 0 Å². The van der Waals surface area contributed by atoms with Gasteiger partial charge in [-0.05, 0) is 45.1 Å². The number of thiophene rings is 1. The normalized spacial score (nSPS) is 14.4. The van der Waals surface area contributed by atoms with Crippen LogP contribution in [0.5, 0.6) is 0 Å². The van der Waals surface area contributed by atoms with Gasteiger partial charge in [-0.25, -0.2) is 0 Å². The number of rotatable bonds is 3. The van der Waals surface area contributed by atoms with Crippen LogP contribution in [0.3, 0.4) is 0 Å². The third-order valence-corrected chi connectivity index (χ3v) is 4.52. The maximum atomic E-state index is 9.34. The molecule has 1 N–H and O–H groups in total. The number of aliphatic hydroxyl groups is 1. The molecular weight excluding hydrogens is 260 g/mol. The van der Waals surface area contributed by atoms with Gasteiger partial charge in [-0.2, -0.15) is 0 Å². The first-order valence-corrected chi connectivity index (χ1v) is 6.45. The van der Waals surface area contributed by atoms with Gasteiger partial charge in [-0.1, -0.05) is 20.8 Å². The molecule has 1 rings (SSSR count). The Kier molecular flexibility index (Phi) is 4.16. The van der Waals surface area contributed by atoms with Crippen LogP contribution >= 0.6 is 27.3 Å². The molecule has 0 bridgehead atoms. The Hall–Kier alpha value is 0.140. The number of aliphatic hydroxyl groups excluding tert-OH is 1. The quantitative estimate of drug-likeness (QED) is 0.893. The molecular formula is C11H17BrOS. The Bertz CT molecular complexity index is 288. The fourth-order valence-electron chi connectivity index (χ4n) is 1.34. The summed E-state index contributed by atoms with van der Waals surface area (Å²) < 4.78 is 1.17. The topological polar surface area (TPSA) is 20.2 Å². The molecule has 1 unspecified atom stereocenters. The van der Waals surface area contributed by atoms with Crippen molar-refractivity contribution in [1.29, 1.82) is 0 Å². The molecule has 80 valence electrons. The summed E-state index contributed by atoms with van der Waals surface area (Å²) in [7, 11) is 0. The molecule has 3 heteroatoms. The molecule has 1 heterocycles. The van der Waals surface area contributed by atoms with E-state index in [1.165, 1.54) is 9.35 Å². The first kappa shape index (κ1) is 12.2. The molecule has 0 aromatic carbocycles. The Morgan fingerprint density at radius 2 is 2.14 bits per heavy atom. The van der Waals surface area contributed by atoms with Crippen molar-refractivity contribution in [1.82, 2.24) is 0 Å². The zero-order valence-corrected chi connectivity index (χ0v) is 11.3. The van der Waals surface area contributed by atoms with Crippen molar-refractivity contribution in [2.45, 2.75) is 27.2 Å². The average molecular weight is 277 g/mol. The van der Waals surface area contributed by atoms with E-state index in [9.17, 15) is 5.11 Å². The van der Waals surface area contributed by atoms with Crippen molar-refractivity contribution in [3.63, 3.8) is 0 Å². The Balaban J connectivity index is 2.71. The minimum absolute atomic E-state index is 0.165. The van der Waals surface area contributed by atoms with Gasteiger partial charge in [0.05, 0.1) is 0 Å². The predicted octanol–water partition coefficient (Wildman–Crippen LogP) is 3.71. The molecule has 0 spiro atoms. The molecule has 0 amide bonds. The van der Waals surface area contributed by atoms with Crippen molar-refractivity contribution in [3.05, 3.63) is 20.8 Å². The van der Waals surface area contributed by atoms with Crippen LogP contribution in [0.1, 0.15) is 25.6 Å². The van der Waals surface area contributed by atoms with E-state index in [1.807, 2.05) is 0 Å². The number of halogens is 1. The van der Waals surface area contributed by atoms with E-state index in [4.69, 9.17) is 0 Å². The monoisotopic (exact) mass is 276 g/mol. The van der Waals surface area contributed by atoms with Crippen LogP contribution in [-0.2, 0) is 6.42 Å². The minimum Gasteiger partial charge on any atom is -0.396 e. The Labute approximate surface area is 98.3 Å². The maximum Gasteiger partial charge on any atom is 0.0467 e. The molecule has 0 aliphatic rings. The molecule has 0 saturated carbocycles.